The van der Waals surface area contributed by atoms with Crippen molar-refractivity contribution in [3.8, 4) is 22.8 Å². The average Bonchev–Trinajstić information content (AvgIpc) is 3.18. The molecule has 0 saturated heterocycles. The zero-order valence-corrected chi connectivity index (χ0v) is 21.2. The predicted molar refractivity (Wildman–Crippen MR) is 135 cm³/mol. The largest absolute Gasteiger partial charge is 0.496 e. The van der Waals surface area contributed by atoms with Gasteiger partial charge in [-0.3, -0.25) is 9.36 Å². The summed E-state index contributed by atoms with van der Waals surface area (Å²) in [5, 5.41) is 7.00. The SMILES string of the molecule is CCn1c(-c2c(Cl)cccc2Cl)nn(-c2cc(OC)c(C(=O)Nc3cccc(C(F)(F)F)c3)cc2F)c1=O. The van der Waals surface area contributed by atoms with E-state index in [2.05, 4.69) is 10.4 Å². The molecule has 1 amide bonds. The number of rotatable bonds is 6. The summed E-state index contributed by atoms with van der Waals surface area (Å²) in [6.45, 7) is 1.84. The third kappa shape index (κ3) is 5.11. The molecule has 0 radical (unpaired) electrons. The molecule has 0 bridgehead atoms. The standard InChI is InChI=1S/C25H18Cl2F4N4O3/c1-3-34-22(21-16(26)8-5-9-17(21)27)33-35(24(34)37)19-12-20(38-2)15(11-18(19)28)23(36)32-14-7-4-6-13(10-14)25(29,30)31/h4-12H,3H2,1-2H3,(H,32,36). The van der Waals surface area contributed by atoms with Gasteiger partial charge in [-0.1, -0.05) is 35.3 Å². The van der Waals surface area contributed by atoms with Crippen molar-refractivity contribution in [1.29, 1.82) is 0 Å². The molecule has 1 aromatic heterocycles. The Balaban J connectivity index is 1.77. The van der Waals surface area contributed by atoms with Gasteiger partial charge in [-0.15, -0.1) is 5.10 Å². The van der Waals surface area contributed by atoms with E-state index in [4.69, 9.17) is 27.9 Å². The lowest BCUT2D eigenvalue weighted by Crippen LogP contribution is -2.24. The quantitative estimate of drug-likeness (QED) is 0.271. The number of hydrogen-bond acceptors (Lipinski definition) is 4. The molecule has 38 heavy (non-hydrogen) atoms. The van der Waals surface area contributed by atoms with E-state index in [-0.39, 0.29) is 50.7 Å². The maximum Gasteiger partial charge on any atom is 0.416 e. The molecule has 1 N–H and O–H groups in total. The number of hydrogen-bond donors (Lipinski definition) is 1. The monoisotopic (exact) mass is 568 g/mol. The van der Waals surface area contributed by atoms with Gasteiger partial charge in [-0.05, 0) is 43.3 Å². The van der Waals surface area contributed by atoms with Crippen LogP contribution in [0.4, 0.5) is 23.2 Å². The summed E-state index contributed by atoms with van der Waals surface area (Å²) in [5.41, 5.74) is -2.21. The van der Waals surface area contributed by atoms with Crippen molar-refractivity contribution in [2.45, 2.75) is 19.6 Å². The Morgan fingerprint density at radius 1 is 1.08 bits per heavy atom. The van der Waals surface area contributed by atoms with Gasteiger partial charge in [0.25, 0.3) is 5.91 Å². The van der Waals surface area contributed by atoms with E-state index in [1.54, 1.807) is 25.1 Å². The Bertz CT molecular complexity index is 1580. The van der Waals surface area contributed by atoms with Gasteiger partial charge in [-0.25, -0.2) is 9.18 Å². The van der Waals surface area contributed by atoms with Crippen LogP contribution >= 0.6 is 23.2 Å². The zero-order valence-electron chi connectivity index (χ0n) is 19.7. The molecule has 7 nitrogen and oxygen atoms in total. The van der Waals surface area contributed by atoms with Gasteiger partial charge in [0.1, 0.15) is 17.3 Å². The second kappa shape index (κ2) is 10.5. The smallest absolute Gasteiger partial charge is 0.416 e. The molecule has 198 valence electrons. The van der Waals surface area contributed by atoms with Crippen molar-refractivity contribution in [1.82, 2.24) is 14.3 Å². The van der Waals surface area contributed by atoms with Gasteiger partial charge in [0.05, 0.1) is 33.8 Å². The normalized spacial score (nSPS) is 11.5. The van der Waals surface area contributed by atoms with E-state index in [9.17, 15) is 22.8 Å². The van der Waals surface area contributed by atoms with E-state index in [1.807, 2.05) is 0 Å². The van der Waals surface area contributed by atoms with Crippen LogP contribution in [0, 0.1) is 5.82 Å². The first-order valence-corrected chi connectivity index (χ1v) is 11.7. The highest BCUT2D eigenvalue weighted by Gasteiger charge is 2.31. The Morgan fingerprint density at radius 3 is 2.34 bits per heavy atom. The highest BCUT2D eigenvalue weighted by atomic mass is 35.5. The highest BCUT2D eigenvalue weighted by Crippen LogP contribution is 2.34. The van der Waals surface area contributed by atoms with Crippen molar-refractivity contribution in [2.75, 3.05) is 12.4 Å². The molecule has 3 aromatic carbocycles. The molecule has 4 aromatic rings. The summed E-state index contributed by atoms with van der Waals surface area (Å²) in [6, 6.07) is 10.6. The van der Waals surface area contributed by atoms with E-state index in [0.29, 0.717) is 0 Å². The first-order chi connectivity index (χ1) is 18.0. The maximum atomic E-state index is 15.3. The van der Waals surface area contributed by atoms with Crippen molar-refractivity contribution in [3.63, 3.8) is 0 Å². The maximum absolute atomic E-state index is 15.3. The first kappa shape index (κ1) is 27.2. The van der Waals surface area contributed by atoms with Gasteiger partial charge in [-0.2, -0.15) is 17.9 Å². The predicted octanol–water partition coefficient (Wildman–Crippen LogP) is 6.45. The molecule has 0 atom stereocenters. The third-order valence-corrected chi connectivity index (χ3v) is 6.18. The van der Waals surface area contributed by atoms with E-state index < -0.39 is 29.2 Å². The van der Waals surface area contributed by atoms with Crippen molar-refractivity contribution in [3.05, 3.63) is 92.1 Å². The first-order valence-electron chi connectivity index (χ1n) is 11.0. The Hall–Kier alpha value is -3.83. The van der Waals surface area contributed by atoms with Crippen LogP contribution in [-0.2, 0) is 12.7 Å². The summed E-state index contributed by atoms with van der Waals surface area (Å²) >= 11 is 12.6. The fourth-order valence-electron chi connectivity index (χ4n) is 3.76. The van der Waals surface area contributed by atoms with Crippen LogP contribution in [0.2, 0.25) is 10.0 Å². The zero-order chi connectivity index (χ0) is 27.8. The minimum Gasteiger partial charge on any atom is -0.496 e. The van der Waals surface area contributed by atoms with Gasteiger partial charge < -0.3 is 10.1 Å². The lowest BCUT2D eigenvalue weighted by molar-refractivity contribution is -0.137. The second-order valence-corrected chi connectivity index (χ2v) is 8.71. The highest BCUT2D eigenvalue weighted by molar-refractivity contribution is 6.39. The van der Waals surface area contributed by atoms with Gasteiger partial charge >= 0.3 is 11.9 Å². The van der Waals surface area contributed by atoms with E-state index in [0.717, 1.165) is 35.0 Å². The summed E-state index contributed by atoms with van der Waals surface area (Å²) in [6.07, 6.45) is -4.62. The molecule has 0 aliphatic carbocycles. The number of anilines is 1. The van der Waals surface area contributed by atoms with Crippen molar-refractivity contribution >= 4 is 34.8 Å². The second-order valence-electron chi connectivity index (χ2n) is 7.90. The average molecular weight is 569 g/mol. The number of carbonyl (C=O) groups is 1. The van der Waals surface area contributed by atoms with Crippen LogP contribution in [0.3, 0.4) is 0 Å². The molecule has 0 saturated carbocycles. The molecule has 0 aliphatic rings. The number of amides is 1. The minimum absolute atomic E-state index is 0.0952. The number of alkyl halides is 3. The van der Waals surface area contributed by atoms with Crippen LogP contribution < -0.4 is 15.7 Å². The van der Waals surface area contributed by atoms with E-state index in [1.165, 1.54) is 17.7 Å². The van der Waals surface area contributed by atoms with E-state index >= 15 is 4.39 Å². The summed E-state index contributed by atoms with van der Waals surface area (Å²) < 4.78 is 61.6. The number of ether oxygens (including phenoxy) is 1. The number of halogens is 6. The van der Waals surface area contributed by atoms with Gasteiger partial charge in [0.2, 0.25) is 0 Å². The number of aromatic nitrogens is 3. The molecule has 4 rings (SSSR count). The van der Waals surface area contributed by atoms with Crippen molar-refractivity contribution < 1.29 is 27.1 Å². The molecule has 1 heterocycles. The van der Waals surface area contributed by atoms with Crippen LogP contribution in [0.5, 0.6) is 5.75 Å². The van der Waals surface area contributed by atoms with Crippen molar-refractivity contribution in [2.24, 2.45) is 0 Å². The van der Waals surface area contributed by atoms with Crippen LogP contribution in [0.15, 0.2) is 59.4 Å². The Kier molecular flexibility index (Phi) is 7.52. The van der Waals surface area contributed by atoms with Crippen LogP contribution in [0.1, 0.15) is 22.8 Å². The third-order valence-electron chi connectivity index (χ3n) is 5.55. The fourth-order valence-corrected chi connectivity index (χ4v) is 4.32. The van der Waals surface area contributed by atoms with Crippen LogP contribution in [0.25, 0.3) is 17.1 Å². The number of nitrogens with zero attached hydrogens (tertiary/aromatic N) is 3. The number of methoxy groups -OCH3 is 1. The minimum atomic E-state index is -4.62. The molecule has 13 heteroatoms. The Morgan fingerprint density at radius 2 is 1.74 bits per heavy atom. The Labute approximate surface area is 223 Å². The van der Waals surface area contributed by atoms with Gasteiger partial charge in [0.15, 0.2) is 5.82 Å². The molecular weight excluding hydrogens is 551 g/mol. The summed E-state index contributed by atoms with van der Waals surface area (Å²) in [4.78, 5) is 26.0. The lowest BCUT2D eigenvalue weighted by atomic mass is 10.1. The fraction of sp³-hybridized carbons (Fsp3) is 0.160. The summed E-state index contributed by atoms with van der Waals surface area (Å²) in [7, 11) is 1.21. The lowest BCUT2D eigenvalue weighted by Gasteiger charge is -2.13. The molecule has 0 fully saturated rings. The van der Waals surface area contributed by atoms with Crippen LogP contribution in [-0.4, -0.2) is 27.4 Å². The molecule has 0 unspecified atom stereocenters. The number of benzene rings is 3. The molecular formula is C25H18Cl2F4N4O3. The number of carbonyl (C=O) groups excluding carboxylic acids is 1. The topological polar surface area (TPSA) is 78.2 Å². The van der Waals surface area contributed by atoms with Gasteiger partial charge in [0, 0.05) is 18.3 Å². The number of nitrogens with one attached hydrogen (secondary N) is 1. The molecule has 0 aliphatic heterocycles. The molecule has 0 spiro atoms. The summed E-state index contributed by atoms with van der Waals surface area (Å²) in [5.74, 6) is -2.00.